The molecule has 0 spiro atoms. The van der Waals surface area contributed by atoms with Gasteiger partial charge in [-0.3, -0.25) is 14.9 Å². The van der Waals surface area contributed by atoms with E-state index in [2.05, 4.69) is 28.1 Å². The number of imide groups is 1. The van der Waals surface area contributed by atoms with E-state index in [0.717, 1.165) is 5.56 Å². The van der Waals surface area contributed by atoms with Crippen LogP contribution in [0.4, 0.5) is 4.79 Å². The van der Waals surface area contributed by atoms with Crippen molar-refractivity contribution in [2.45, 2.75) is 25.4 Å². The molecule has 1 fully saturated rings. The number of nitrogens with one attached hydrogen (secondary N) is 2. The number of hydrogen-bond donors (Lipinski definition) is 2. The fourth-order valence-corrected chi connectivity index (χ4v) is 3.57. The number of hydrogen-bond acceptors (Lipinski definition) is 4. The highest BCUT2D eigenvalue weighted by molar-refractivity contribution is 7.17. The monoisotopic (exact) mass is 331 g/mol. The van der Waals surface area contributed by atoms with Crippen molar-refractivity contribution in [1.29, 1.82) is 0 Å². The van der Waals surface area contributed by atoms with Crippen LogP contribution in [-0.2, 0) is 16.1 Å². The molecule has 1 aliphatic rings. The Labute approximate surface area is 137 Å². The summed E-state index contributed by atoms with van der Waals surface area (Å²) in [6.07, 6.45) is 0.530. The first-order chi connectivity index (χ1) is 11.0. The second kappa shape index (κ2) is 6.37. The molecule has 1 saturated heterocycles. The number of nitrogens with zero attached hydrogens (tertiary/aromatic N) is 1. The molecule has 2 N–H and O–H groups in total. The Hall–Kier alpha value is -2.41. The van der Waals surface area contributed by atoms with Gasteiger partial charge in [-0.15, -0.1) is 11.3 Å². The first-order valence-electron chi connectivity index (χ1n) is 7.35. The highest BCUT2D eigenvalue weighted by Crippen LogP contribution is 2.26. The van der Waals surface area contributed by atoms with E-state index >= 15 is 0 Å². The largest absolute Gasteiger partial charge is 0.341 e. The van der Waals surface area contributed by atoms with Crippen LogP contribution in [0.2, 0.25) is 0 Å². The molecule has 0 aliphatic carbocycles. The molecule has 0 saturated carbocycles. The van der Waals surface area contributed by atoms with Crippen molar-refractivity contribution in [2.24, 2.45) is 0 Å². The summed E-state index contributed by atoms with van der Waals surface area (Å²) < 4.78 is 1.20. The first kappa shape index (κ1) is 15.5. The summed E-state index contributed by atoms with van der Waals surface area (Å²) in [6.45, 7) is 0.534. The van der Waals surface area contributed by atoms with Gasteiger partial charge in [0.2, 0.25) is 5.91 Å². The van der Waals surface area contributed by atoms with Gasteiger partial charge in [0, 0.05) is 24.7 Å². The van der Waals surface area contributed by atoms with Crippen LogP contribution in [0.25, 0.3) is 10.1 Å². The van der Waals surface area contributed by atoms with E-state index < -0.39 is 12.1 Å². The second-order valence-electron chi connectivity index (χ2n) is 5.56. The van der Waals surface area contributed by atoms with Gasteiger partial charge in [-0.25, -0.2) is 4.79 Å². The normalized spacial score (nSPS) is 17.2. The quantitative estimate of drug-likeness (QED) is 0.821. The highest BCUT2D eigenvalue weighted by atomic mass is 32.1. The van der Waals surface area contributed by atoms with Crippen LogP contribution in [0.3, 0.4) is 0 Å². The van der Waals surface area contributed by atoms with E-state index in [9.17, 15) is 14.4 Å². The number of amides is 4. The van der Waals surface area contributed by atoms with Crippen LogP contribution >= 0.6 is 11.3 Å². The van der Waals surface area contributed by atoms with E-state index in [0.29, 0.717) is 13.0 Å². The lowest BCUT2D eigenvalue weighted by Crippen LogP contribution is -2.32. The minimum atomic E-state index is -0.609. The molecule has 1 aromatic carbocycles. The summed E-state index contributed by atoms with van der Waals surface area (Å²) in [5.41, 5.74) is 1.12. The summed E-state index contributed by atoms with van der Waals surface area (Å²) >= 11 is 1.66. The van der Waals surface area contributed by atoms with Crippen LogP contribution in [0.15, 0.2) is 29.6 Å². The predicted octanol–water partition coefficient (Wildman–Crippen LogP) is 1.85. The second-order valence-corrected chi connectivity index (χ2v) is 6.47. The Balaban J connectivity index is 1.57. The maximum absolute atomic E-state index is 12.2. The lowest BCUT2D eigenvalue weighted by molar-refractivity contribution is -0.130. The number of fused-ring (bicyclic) bond motifs is 1. The maximum Gasteiger partial charge on any atom is 0.322 e. The molecular weight excluding hydrogens is 314 g/mol. The topological polar surface area (TPSA) is 78.5 Å². The van der Waals surface area contributed by atoms with E-state index in [1.165, 1.54) is 10.1 Å². The predicted molar refractivity (Wildman–Crippen MR) is 88.0 cm³/mol. The van der Waals surface area contributed by atoms with Gasteiger partial charge in [-0.1, -0.05) is 18.2 Å². The molecule has 23 heavy (non-hydrogen) atoms. The van der Waals surface area contributed by atoms with E-state index in [-0.39, 0.29) is 18.2 Å². The molecular formula is C16H17N3O3S. The van der Waals surface area contributed by atoms with Crippen molar-refractivity contribution in [3.8, 4) is 0 Å². The number of thiophene rings is 1. The van der Waals surface area contributed by atoms with Crippen molar-refractivity contribution in [3.63, 3.8) is 0 Å². The summed E-state index contributed by atoms with van der Waals surface area (Å²) in [4.78, 5) is 36.4. The van der Waals surface area contributed by atoms with Crippen LogP contribution < -0.4 is 10.6 Å². The van der Waals surface area contributed by atoms with Crippen molar-refractivity contribution in [2.75, 3.05) is 7.05 Å². The molecule has 120 valence electrons. The molecule has 1 aromatic heterocycles. The number of urea groups is 1. The number of carbonyl (C=O) groups is 3. The molecule has 0 radical (unpaired) electrons. The Bertz CT molecular complexity index is 771. The Morgan fingerprint density at radius 1 is 1.30 bits per heavy atom. The van der Waals surface area contributed by atoms with Gasteiger partial charge in [0.15, 0.2) is 0 Å². The standard InChI is InChI=1S/C16H17N3O3S/c1-19(8-10-9-23-13-5-3-2-4-11(10)13)14(20)7-6-12-15(21)18-16(22)17-12/h2-5,9,12H,6-8H2,1H3,(H2,17,18,21,22)/t12-/m0/s1. The lowest BCUT2D eigenvalue weighted by Gasteiger charge is -2.17. The molecule has 1 atom stereocenters. The molecule has 7 heteroatoms. The third kappa shape index (κ3) is 3.34. The van der Waals surface area contributed by atoms with Crippen molar-refractivity contribution in [3.05, 3.63) is 35.2 Å². The first-order valence-corrected chi connectivity index (χ1v) is 8.23. The van der Waals surface area contributed by atoms with Crippen LogP contribution in [-0.4, -0.2) is 35.8 Å². The van der Waals surface area contributed by atoms with Gasteiger partial charge in [0.25, 0.3) is 5.91 Å². The summed E-state index contributed by atoms with van der Waals surface area (Å²) in [7, 11) is 1.75. The van der Waals surface area contributed by atoms with Gasteiger partial charge in [0.05, 0.1) is 0 Å². The van der Waals surface area contributed by atoms with Crippen LogP contribution in [0, 0.1) is 0 Å². The van der Waals surface area contributed by atoms with Crippen LogP contribution in [0.1, 0.15) is 18.4 Å². The van der Waals surface area contributed by atoms with Gasteiger partial charge < -0.3 is 10.2 Å². The highest BCUT2D eigenvalue weighted by Gasteiger charge is 2.29. The number of carbonyl (C=O) groups excluding carboxylic acids is 3. The Morgan fingerprint density at radius 3 is 2.83 bits per heavy atom. The molecule has 1 aliphatic heterocycles. The minimum Gasteiger partial charge on any atom is -0.341 e. The molecule has 4 amide bonds. The molecule has 2 heterocycles. The maximum atomic E-state index is 12.2. The minimum absolute atomic E-state index is 0.0470. The third-order valence-corrected chi connectivity index (χ3v) is 4.91. The van der Waals surface area contributed by atoms with E-state index in [1.807, 2.05) is 12.1 Å². The van der Waals surface area contributed by atoms with Gasteiger partial charge in [-0.2, -0.15) is 0 Å². The average Bonchev–Trinajstić information content (AvgIpc) is 3.08. The summed E-state index contributed by atoms with van der Waals surface area (Å²) in [5.74, 6) is -0.413. The molecule has 2 aromatic rings. The van der Waals surface area contributed by atoms with Crippen molar-refractivity contribution in [1.82, 2.24) is 15.5 Å². The molecule has 6 nitrogen and oxygen atoms in total. The fourth-order valence-electron chi connectivity index (χ4n) is 2.62. The van der Waals surface area contributed by atoms with Gasteiger partial charge in [0.1, 0.15) is 6.04 Å². The number of rotatable bonds is 5. The summed E-state index contributed by atoms with van der Waals surface area (Å²) in [5, 5.41) is 7.90. The van der Waals surface area contributed by atoms with Gasteiger partial charge in [-0.05, 0) is 28.8 Å². The zero-order chi connectivity index (χ0) is 16.4. The fraction of sp³-hybridized carbons (Fsp3) is 0.312. The smallest absolute Gasteiger partial charge is 0.322 e. The van der Waals surface area contributed by atoms with Crippen molar-refractivity contribution < 1.29 is 14.4 Å². The van der Waals surface area contributed by atoms with Crippen molar-refractivity contribution >= 4 is 39.3 Å². The molecule has 0 bridgehead atoms. The third-order valence-electron chi connectivity index (χ3n) is 3.90. The Kier molecular flexibility index (Phi) is 4.29. The van der Waals surface area contributed by atoms with Crippen LogP contribution in [0.5, 0.6) is 0 Å². The van der Waals surface area contributed by atoms with E-state index in [1.54, 1.807) is 23.3 Å². The SMILES string of the molecule is CN(Cc1csc2ccccc12)C(=O)CC[C@@H]1NC(=O)NC1=O. The molecule has 0 unspecified atom stereocenters. The number of benzene rings is 1. The van der Waals surface area contributed by atoms with E-state index in [4.69, 9.17) is 0 Å². The van der Waals surface area contributed by atoms with Gasteiger partial charge >= 0.3 is 6.03 Å². The average molecular weight is 331 g/mol. The summed E-state index contributed by atoms with van der Waals surface area (Å²) in [6, 6.07) is 7.00. The zero-order valence-electron chi connectivity index (χ0n) is 12.7. The lowest BCUT2D eigenvalue weighted by atomic mass is 10.1. The molecule has 3 rings (SSSR count). The Morgan fingerprint density at radius 2 is 2.09 bits per heavy atom. The zero-order valence-corrected chi connectivity index (χ0v) is 13.5.